The molecule has 1 atom stereocenters. The van der Waals surface area contributed by atoms with Crippen LogP contribution in [0.25, 0.3) is 0 Å². The van der Waals surface area contributed by atoms with Crippen molar-refractivity contribution in [1.82, 2.24) is 9.97 Å². The summed E-state index contributed by atoms with van der Waals surface area (Å²) >= 11 is 0. The molecule has 1 aromatic heterocycles. The number of nitrogens with two attached hydrogens (primary N) is 1. The highest BCUT2D eigenvalue weighted by Gasteiger charge is 2.10. The molecule has 2 rings (SSSR count). The van der Waals surface area contributed by atoms with Crippen LogP contribution in [0.5, 0.6) is 0 Å². The molecule has 1 heterocycles. The summed E-state index contributed by atoms with van der Waals surface area (Å²) in [5.41, 5.74) is 7.79. The summed E-state index contributed by atoms with van der Waals surface area (Å²) in [5, 5.41) is 0. The van der Waals surface area contributed by atoms with Crippen molar-refractivity contribution >= 4 is 0 Å². The molecule has 0 fully saturated rings. The third kappa shape index (κ3) is 3.12. The van der Waals surface area contributed by atoms with Crippen molar-refractivity contribution in [2.75, 3.05) is 0 Å². The predicted molar refractivity (Wildman–Crippen MR) is 68.5 cm³/mol. The molecule has 0 saturated carbocycles. The SMILES string of the molecule is Cc1nc(Cc2ccc(F)cc2F)ncc1[C@H](C)N. The molecule has 3 nitrogen and oxygen atoms in total. The number of aryl methyl sites for hydroxylation is 1. The van der Waals surface area contributed by atoms with Gasteiger partial charge in [-0.1, -0.05) is 6.07 Å². The summed E-state index contributed by atoms with van der Waals surface area (Å²) in [5.74, 6) is -0.685. The Kier molecular flexibility index (Phi) is 3.85. The van der Waals surface area contributed by atoms with E-state index >= 15 is 0 Å². The number of aromatic nitrogens is 2. The smallest absolute Gasteiger partial charge is 0.133 e. The average molecular weight is 263 g/mol. The molecule has 100 valence electrons. The molecule has 0 aliphatic carbocycles. The third-order valence-electron chi connectivity index (χ3n) is 2.92. The van der Waals surface area contributed by atoms with Gasteiger partial charge in [0.15, 0.2) is 0 Å². The highest BCUT2D eigenvalue weighted by atomic mass is 19.1. The zero-order valence-electron chi connectivity index (χ0n) is 10.8. The molecule has 1 aromatic carbocycles. The van der Waals surface area contributed by atoms with Crippen LogP contribution in [0.1, 0.15) is 35.6 Å². The van der Waals surface area contributed by atoms with Gasteiger partial charge in [-0.2, -0.15) is 0 Å². The normalized spacial score (nSPS) is 12.5. The molecular weight excluding hydrogens is 248 g/mol. The Morgan fingerprint density at radius 3 is 2.63 bits per heavy atom. The van der Waals surface area contributed by atoms with Crippen LogP contribution in [0, 0.1) is 18.6 Å². The minimum atomic E-state index is -0.592. The van der Waals surface area contributed by atoms with Gasteiger partial charge in [-0.15, -0.1) is 0 Å². The fourth-order valence-electron chi connectivity index (χ4n) is 1.89. The average Bonchev–Trinajstić information content (AvgIpc) is 2.32. The molecular formula is C14H15F2N3. The van der Waals surface area contributed by atoms with Crippen molar-refractivity contribution < 1.29 is 8.78 Å². The number of rotatable bonds is 3. The van der Waals surface area contributed by atoms with E-state index in [4.69, 9.17) is 5.73 Å². The summed E-state index contributed by atoms with van der Waals surface area (Å²) < 4.78 is 26.3. The summed E-state index contributed by atoms with van der Waals surface area (Å²) in [6, 6.07) is 3.35. The summed E-state index contributed by atoms with van der Waals surface area (Å²) in [6.07, 6.45) is 1.88. The topological polar surface area (TPSA) is 51.8 Å². The number of hydrogen-bond acceptors (Lipinski definition) is 3. The maximum Gasteiger partial charge on any atom is 0.133 e. The molecule has 0 radical (unpaired) electrons. The number of hydrogen-bond donors (Lipinski definition) is 1. The molecule has 0 unspecified atom stereocenters. The van der Waals surface area contributed by atoms with E-state index < -0.39 is 11.6 Å². The van der Waals surface area contributed by atoms with Crippen LogP contribution >= 0.6 is 0 Å². The van der Waals surface area contributed by atoms with Crippen LogP contribution in [0.15, 0.2) is 24.4 Å². The van der Waals surface area contributed by atoms with Crippen LogP contribution in [0.2, 0.25) is 0 Å². The number of halogens is 2. The molecule has 2 N–H and O–H groups in total. The van der Waals surface area contributed by atoms with E-state index in [9.17, 15) is 8.78 Å². The van der Waals surface area contributed by atoms with Gasteiger partial charge >= 0.3 is 0 Å². The quantitative estimate of drug-likeness (QED) is 0.926. The van der Waals surface area contributed by atoms with E-state index in [2.05, 4.69) is 9.97 Å². The van der Waals surface area contributed by atoms with Gasteiger partial charge in [0.2, 0.25) is 0 Å². The van der Waals surface area contributed by atoms with Crippen molar-refractivity contribution in [3.8, 4) is 0 Å². The Bertz CT molecular complexity index is 597. The zero-order valence-corrected chi connectivity index (χ0v) is 10.8. The summed E-state index contributed by atoms with van der Waals surface area (Å²) in [4.78, 5) is 8.47. The first-order valence-electron chi connectivity index (χ1n) is 5.99. The minimum Gasteiger partial charge on any atom is -0.324 e. The van der Waals surface area contributed by atoms with Gasteiger partial charge in [-0.05, 0) is 25.5 Å². The fourth-order valence-corrected chi connectivity index (χ4v) is 1.89. The Morgan fingerprint density at radius 1 is 1.32 bits per heavy atom. The van der Waals surface area contributed by atoms with Crippen LogP contribution in [0.3, 0.4) is 0 Å². The van der Waals surface area contributed by atoms with E-state index in [1.807, 2.05) is 13.8 Å². The monoisotopic (exact) mass is 263 g/mol. The van der Waals surface area contributed by atoms with Crippen molar-refractivity contribution in [2.45, 2.75) is 26.3 Å². The first-order chi connectivity index (χ1) is 8.97. The second kappa shape index (κ2) is 5.40. The van der Waals surface area contributed by atoms with Crippen LogP contribution in [-0.4, -0.2) is 9.97 Å². The van der Waals surface area contributed by atoms with Gasteiger partial charge in [0.05, 0.1) is 0 Å². The molecule has 5 heteroatoms. The first kappa shape index (κ1) is 13.5. The lowest BCUT2D eigenvalue weighted by atomic mass is 10.1. The second-order valence-corrected chi connectivity index (χ2v) is 4.53. The molecule has 0 aliphatic heterocycles. The van der Waals surface area contributed by atoms with E-state index in [-0.39, 0.29) is 12.5 Å². The first-order valence-corrected chi connectivity index (χ1v) is 5.99. The van der Waals surface area contributed by atoms with Gasteiger partial charge in [0.1, 0.15) is 17.5 Å². The Balaban J connectivity index is 2.26. The number of nitrogens with zero attached hydrogens (tertiary/aromatic N) is 2. The maximum absolute atomic E-state index is 13.5. The lowest BCUT2D eigenvalue weighted by molar-refractivity contribution is 0.573. The molecule has 0 amide bonds. The standard InChI is InChI=1S/C14H15F2N3/c1-8(17)12-7-18-14(19-9(12)2)5-10-3-4-11(15)6-13(10)16/h3-4,6-8H,5,17H2,1-2H3/t8-/m0/s1. The molecule has 0 bridgehead atoms. The Labute approximate surface area is 110 Å². The van der Waals surface area contributed by atoms with Gasteiger partial charge in [0.25, 0.3) is 0 Å². The Hall–Kier alpha value is -1.88. The third-order valence-corrected chi connectivity index (χ3v) is 2.92. The van der Waals surface area contributed by atoms with E-state index in [0.717, 1.165) is 17.3 Å². The highest BCUT2D eigenvalue weighted by Crippen LogP contribution is 2.15. The van der Waals surface area contributed by atoms with E-state index in [1.54, 1.807) is 6.20 Å². The van der Waals surface area contributed by atoms with E-state index in [0.29, 0.717) is 11.4 Å². The summed E-state index contributed by atoms with van der Waals surface area (Å²) in [7, 11) is 0. The largest absolute Gasteiger partial charge is 0.324 e. The van der Waals surface area contributed by atoms with Crippen LogP contribution in [0.4, 0.5) is 8.78 Å². The zero-order chi connectivity index (χ0) is 14.0. The van der Waals surface area contributed by atoms with Crippen molar-refractivity contribution in [1.29, 1.82) is 0 Å². The van der Waals surface area contributed by atoms with Crippen molar-refractivity contribution in [3.05, 3.63) is 58.7 Å². The fraction of sp³-hybridized carbons (Fsp3) is 0.286. The minimum absolute atomic E-state index is 0.142. The second-order valence-electron chi connectivity index (χ2n) is 4.53. The van der Waals surface area contributed by atoms with Crippen LogP contribution in [-0.2, 0) is 6.42 Å². The van der Waals surface area contributed by atoms with E-state index in [1.165, 1.54) is 12.1 Å². The van der Waals surface area contributed by atoms with Gasteiger partial charge in [0, 0.05) is 36.0 Å². The lowest BCUT2D eigenvalue weighted by Gasteiger charge is -2.10. The lowest BCUT2D eigenvalue weighted by Crippen LogP contribution is -2.10. The Morgan fingerprint density at radius 2 is 2.05 bits per heavy atom. The molecule has 0 spiro atoms. The van der Waals surface area contributed by atoms with Crippen molar-refractivity contribution in [2.24, 2.45) is 5.73 Å². The van der Waals surface area contributed by atoms with Crippen LogP contribution < -0.4 is 5.73 Å². The predicted octanol–water partition coefficient (Wildman–Crippen LogP) is 2.67. The van der Waals surface area contributed by atoms with Gasteiger partial charge < -0.3 is 5.73 Å². The molecule has 2 aromatic rings. The maximum atomic E-state index is 13.5. The van der Waals surface area contributed by atoms with Crippen molar-refractivity contribution in [3.63, 3.8) is 0 Å². The van der Waals surface area contributed by atoms with Gasteiger partial charge in [-0.3, -0.25) is 0 Å². The molecule has 0 saturated heterocycles. The molecule has 19 heavy (non-hydrogen) atoms. The van der Waals surface area contributed by atoms with Gasteiger partial charge in [-0.25, -0.2) is 18.7 Å². The highest BCUT2D eigenvalue weighted by molar-refractivity contribution is 5.24. The number of benzene rings is 1. The summed E-state index contributed by atoms with van der Waals surface area (Å²) in [6.45, 7) is 3.69. The molecule has 0 aliphatic rings.